The van der Waals surface area contributed by atoms with Gasteiger partial charge in [0.25, 0.3) is 5.91 Å². The molecule has 2 aromatic heterocycles. The summed E-state index contributed by atoms with van der Waals surface area (Å²) in [5, 5.41) is 12.4. The van der Waals surface area contributed by atoms with E-state index in [0.29, 0.717) is 28.4 Å². The van der Waals surface area contributed by atoms with Gasteiger partial charge in [-0.1, -0.05) is 31.6 Å². The topological polar surface area (TPSA) is 75.6 Å². The molecular formula is C20H23N5OS2. The Morgan fingerprint density at radius 3 is 2.89 bits per heavy atom. The second-order valence-electron chi connectivity index (χ2n) is 6.42. The van der Waals surface area contributed by atoms with Gasteiger partial charge in [-0.05, 0) is 42.8 Å². The van der Waals surface area contributed by atoms with Crippen LogP contribution in [-0.4, -0.2) is 25.7 Å². The van der Waals surface area contributed by atoms with E-state index in [0.717, 1.165) is 30.8 Å². The lowest BCUT2D eigenvalue weighted by molar-refractivity contribution is 0.102. The first-order valence-corrected chi connectivity index (χ1v) is 10.5. The van der Waals surface area contributed by atoms with Crippen molar-refractivity contribution in [1.82, 2.24) is 19.7 Å². The maximum atomic E-state index is 12.5. The van der Waals surface area contributed by atoms with Gasteiger partial charge in [0.1, 0.15) is 5.82 Å². The summed E-state index contributed by atoms with van der Waals surface area (Å²) in [6, 6.07) is 7.75. The van der Waals surface area contributed by atoms with E-state index < -0.39 is 0 Å². The first-order chi connectivity index (χ1) is 13.6. The number of unbranched alkanes of at least 4 members (excludes halogenated alkanes) is 1. The molecule has 8 heteroatoms. The van der Waals surface area contributed by atoms with Crippen LogP contribution in [0.3, 0.4) is 0 Å². The lowest BCUT2D eigenvalue weighted by Gasteiger charge is -2.04. The van der Waals surface area contributed by atoms with Crippen molar-refractivity contribution in [3.8, 4) is 0 Å². The third kappa shape index (κ3) is 5.02. The Labute approximate surface area is 173 Å². The Balaban J connectivity index is 1.63. The number of aromatic amines is 1. The third-order valence-electron chi connectivity index (χ3n) is 4.30. The zero-order valence-electron chi connectivity index (χ0n) is 15.8. The van der Waals surface area contributed by atoms with E-state index in [9.17, 15) is 4.79 Å². The number of carbonyl (C=O) groups excluding carboxylic acids is 1. The largest absolute Gasteiger partial charge is 0.300 e. The average molecular weight is 414 g/mol. The Kier molecular flexibility index (Phi) is 6.89. The zero-order valence-corrected chi connectivity index (χ0v) is 17.4. The van der Waals surface area contributed by atoms with Crippen LogP contribution >= 0.6 is 23.6 Å². The van der Waals surface area contributed by atoms with E-state index in [1.807, 2.05) is 34.2 Å². The number of nitrogens with one attached hydrogen (secondary N) is 2. The van der Waals surface area contributed by atoms with Gasteiger partial charge in [0, 0.05) is 17.5 Å². The molecule has 0 radical (unpaired) electrons. The molecule has 0 aliphatic heterocycles. The van der Waals surface area contributed by atoms with Crippen LogP contribution in [0.1, 0.15) is 47.2 Å². The molecule has 3 rings (SSSR count). The molecule has 1 amide bonds. The van der Waals surface area contributed by atoms with Gasteiger partial charge in [0.15, 0.2) is 9.90 Å². The monoisotopic (exact) mass is 413 g/mol. The molecule has 0 saturated heterocycles. The first kappa shape index (κ1) is 20.2. The van der Waals surface area contributed by atoms with Gasteiger partial charge in [-0.2, -0.15) is 5.10 Å². The van der Waals surface area contributed by atoms with Crippen LogP contribution in [0.25, 0.3) is 0 Å². The lowest BCUT2D eigenvalue weighted by Crippen LogP contribution is -2.12. The second kappa shape index (κ2) is 9.57. The molecule has 6 nitrogen and oxygen atoms in total. The SMILES string of the molecule is C=CCn1c(Cc2csc(NC(=O)c3ccc(CCCC)cc3)n2)n[nH]c1=S. The molecule has 0 aliphatic carbocycles. The van der Waals surface area contributed by atoms with E-state index in [1.54, 1.807) is 6.08 Å². The zero-order chi connectivity index (χ0) is 19.9. The van der Waals surface area contributed by atoms with Gasteiger partial charge in [-0.25, -0.2) is 4.98 Å². The first-order valence-electron chi connectivity index (χ1n) is 9.20. The molecule has 146 valence electrons. The molecule has 2 N–H and O–H groups in total. The van der Waals surface area contributed by atoms with Crippen LogP contribution in [0.2, 0.25) is 0 Å². The van der Waals surface area contributed by atoms with Crippen molar-refractivity contribution < 1.29 is 4.79 Å². The number of aromatic nitrogens is 4. The molecule has 0 aliphatic rings. The fourth-order valence-electron chi connectivity index (χ4n) is 2.78. The Morgan fingerprint density at radius 1 is 1.39 bits per heavy atom. The quantitative estimate of drug-likeness (QED) is 0.391. The number of allylic oxidation sites excluding steroid dienone is 1. The van der Waals surface area contributed by atoms with Gasteiger partial charge in [0.2, 0.25) is 0 Å². The molecule has 2 heterocycles. The van der Waals surface area contributed by atoms with E-state index in [4.69, 9.17) is 12.2 Å². The van der Waals surface area contributed by atoms with E-state index in [2.05, 4.69) is 34.0 Å². The standard InChI is InChI=1S/C20H23N5OS2/c1-3-5-6-14-7-9-15(10-8-14)18(26)22-19-21-16(13-28-19)12-17-23-24-20(27)25(17)11-4-2/h4,7-10,13H,2-3,5-6,11-12H2,1H3,(H,24,27)(H,21,22,26). The van der Waals surface area contributed by atoms with Crippen molar-refractivity contribution in [1.29, 1.82) is 0 Å². The minimum atomic E-state index is -0.155. The number of benzene rings is 1. The predicted molar refractivity (Wildman–Crippen MR) is 116 cm³/mol. The van der Waals surface area contributed by atoms with Crippen LogP contribution in [0, 0.1) is 4.77 Å². The van der Waals surface area contributed by atoms with Crippen molar-refractivity contribution in [2.45, 2.75) is 39.2 Å². The van der Waals surface area contributed by atoms with Crippen molar-refractivity contribution >= 4 is 34.6 Å². The third-order valence-corrected chi connectivity index (χ3v) is 5.41. The van der Waals surface area contributed by atoms with E-state index in [-0.39, 0.29) is 5.91 Å². The molecule has 0 atom stereocenters. The molecule has 0 fully saturated rings. The molecule has 0 saturated carbocycles. The number of thiazole rings is 1. The average Bonchev–Trinajstić information content (AvgIpc) is 3.28. The highest BCUT2D eigenvalue weighted by Gasteiger charge is 2.12. The lowest BCUT2D eigenvalue weighted by atomic mass is 10.1. The fourth-order valence-corrected chi connectivity index (χ4v) is 3.71. The molecule has 0 bridgehead atoms. The van der Waals surface area contributed by atoms with Gasteiger partial charge in [0.05, 0.1) is 12.1 Å². The summed E-state index contributed by atoms with van der Waals surface area (Å²) in [5.41, 5.74) is 2.71. The minimum absolute atomic E-state index is 0.155. The normalized spacial score (nSPS) is 10.8. The van der Waals surface area contributed by atoms with Crippen LogP contribution in [0.15, 0.2) is 42.3 Å². The molecular weight excluding hydrogens is 390 g/mol. The van der Waals surface area contributed by atoms with Gasteiger partial charge in [-0.15, -0.1) is 17.9 Å². The highest BCUT2D eigenvalue weighted by Crippen LogP contribution is 2.19. The molecule has 28 heavy (non-hydrogen) atoms. The van der Waals surface area contributed by atoms with Crippen LogP contribution in [-0.2, 0) is 19.4 Å². The Morgan fingerprint density at radius 2 is 2.18 bits per heavy atom. The van der Waals surface area contributed by atoms with Crippen LogP contribution in [0.4, 0.5) is 5.13 Å². The van der Waals surface area contributed by atoms with Crippen LogP contribution < -0.4 is 5.32 Å². The van der Waals surface area contributed by atoms with Crippen molar-refractivity contribution in [3.63, 3.8) is 0 Å². The number of H-pyrrole nitrogens is 1. The van der Waals surface area contributed by atoms with Gasteiger partial charge >= 0.3 is 0 Å². The summed E-state index contributed by atoms with van der Waals surface area (Å²) in [5.74, 6) is 0.632. The summed E-state index contributed by atoms with van der Waals surface area (Å²) in [6.45, 7) is 6.50. The molecule has 1 aromatic carbocycles. The predicted octanol–water partition coefficient (Wildman–Crippen LogP) is 4.77. The van der Waals surface area contributed by atoms with E-state index in [1.165, 1.54) is 16.9 Å². The molecule has 3 aromatic rings. The maximum Gasteiger partial charge on any atom is 0.257 e. The van der Waals surface area contributed by atoms with Crippen molar-refractivity contribution in [3.05, 3.63) is 69.7 Å². The second-order valence-corrected chi connectivity index (χ2v) is 7.66. The number of aryl methyl sites for hydroxylation is 1. The fraction of sp³-hybridized carbons (Fsp3) is 0.300. The van der Waals surface area contributed by atoms with Crippen LogP contribution in [0.5, 0.6) is 0 Å². The number of rotatable bonds is 9. The summed E-state index contributed by atoms with van der Waals surface area (Å²) >= 11 is 6.62. The van der Waals surface area contributed by atoms with Crippen molar-refractivity contribution in [2.75, 3.05) is 5.32 Å². The van der Waals surface area contributed by atoms with Gasteiger partial charge in [-0.3, -0.25) is 19.8 Å². The number of anilines is 1. The maximum absolute atomic E-state index is 12.5. The number of hydrogen-bond acceptors (Lipinski definition) is 5. The number of amides is 1. The highest BCUT2D eigenvalue weighted by molar-refractivity contribution is 7.71. The number of nitrogens with zero attached hydrogens (tertiary/aromatic N) is 3. The number of carbonyl (C=O) groups is 1. The van der Waals surface area contributed by atoms with Gasteiger partial charge < -0.3 is 0 Å². The molecule has 0 unspecified atom stereocenters. The summed E-state index contributed by atoms with van der Waals surface area (Å²) < 4.78 is 2.43. The highest BCUT2D eigenvalue weighted by atomic mass is 32.1. The summed E-state index contributed by atoms with van der Waals surface area (Å²) in [6.07, 6.45) is 5.66. The Hall–Kier alpha value is -2.58. The number of hydrogen-bond donors (Lipinski definition) is 2. The summed E-state index contributed by atoms with van der Waals surface area (Å²) in [4.78, 5) is 17.0. The van der Waals surface area contributed by atoms with E-state index >= 15 is 0 Å². The smallest absolute Gasteiger partial charge is 0.257 e. The Bertz CT molecular complexity index is 1000. The summed E-state index contributed by atoms with van der Waals surface area (Å²) in [7, 11) is 0. The minimum Gasteiger partial charge on any atom is -0.300 e. The molecule has 0 spiro atoms. The van der Waals surface area contributed by atoms with Crippen molar-refractivity contribution in [2.24, 2.45) is 0 Å².